The van der Waals surface area contributed by atoms with Crippen LogP contribution in [-0.2, 0) is 4.79 Å². The minimum atomic E-state index is 0.0412. The Morgan fingerprint density at radius 1 is 1.30 bits per heavy atom. The first-order chi connectivity index (χ1) is 11.3. The molecule has 1 fully saturated rings. The Labute approximate surface area is 138 Å². The number of nitrogens with one attached hydrogen (secondary N) is 1. The number of fused-ring (bicyclic) bond motifs is 1. The smallest absolute Gasteiger partial charge is 0.298 e. The zero-order valence-electron chi connectivity index (χ0n) is 12.7. The standard InChI is InChI=1S/C16H18N4O2S/c21-14(19-15-17-7-10-23-15)11-5-8-20(9-6-11)16-18-12-3-1-2-4-13(12)22-16/h1-4,11H,5-10H2,(H,17,19,21). The van der Waals surface area contributed by atoms with Crippen LogP contribution in [0.3, 0.4) is 0 Å². The normalized spacial score (nSPS) is 19.1. The Morgan fingerprint density at radius 3 is 2.87 bits per heavy atom. The van der Waals surface area contributed by atoms with Crippen molar-refractivity contribution in [3.05, 3.63) is 24.3 Å². The van der Waals surface area contributed by atoms with Gasteiger partial charge in [0, 0.05) is 24.8 Å². The van der Waals surface area contributed by atoms with E-state index >= 15 is 0 Å². The first kappa shape index (κ1) is 14.6. The van der Waals surface area contributed by atoms with E-state index in [9.17, 15) is 4.79 Å². The summed E-state index contributed by atoms with van der Waals surface area (Å²) in [6, 6.07) is 8.42. The minimum Gasteiger partial charge on any atom is -0.423 e. The van der Waals surface area contributed by atoms with E-state index in [0.29, 0.717) is 6.01 Å². The number of rotatable bonds is 2. The monoisotopic (exact) mass is 330 g/mol. The van der Waals surface area contributed by atoms with Gasteiger partial charge in [-0.2, -0.15) is 4.98 Å². The topological polar surface area (TPSA) is 70.7 Å². The zero-order chi connectivity index (χ0) is 15.6. The molecule has 7 heteroatoms. The number of amides is 1. The molecule has 1 amide bonds. The maximum atomic E-state index is 12.3. The summed E-state index contributed by atoms with van der Waals surface area (Å²) in [7, 11) is 0. The zero-order valence-corrected chi connectivity index (χ0v) is 13.5. The SMILES string of the molecule is O=C(NC1=NCCS1)C1CCN(c2nc3ccccc3o2)CC1. The van der Waals surface area contributed by atoms with Crippen LogP contribution in [0, 0.1) is 5.92 Å². The fraction of sp³-hybridized carbons (Fsp3) is 0.438. The first-order valence-corrected chi connectivity index (χ1v) is 8.87. The van der Waals surface area contributed by atoms with Crippen LogP contribution in [0.5, 0.6) is 0 Å². The van der Waals surface area contributed by atoms with Crippen LogP contribution in [-0.4, -0.2) is 41.4 Å². The molecule has 0 bridgehead atoms. The summed E-state index contributed by atoms with van der Waals surface area (Å²) in [4.78, 5) is 23.2. The van der Waals surface area contributed by atoms with Crippen molar-refractivity contribution in [3.8, 4) is 0 Å². The van der Waals surface area contributed by atoms with Crippen LogP contribution >= 0.6 is 11.8 Å². The highest BCUT2D eigenvalue weighted by molar-refractivity contribution is 8.14. The van der Waals surface area contributed by atoms with Crippen molar-refractivity contribution in [2.45, 2.75) is 12.8 Å². The summed E-state index contributed by atoms with van der Waals surface area (Å²) in [5, 5.41) is 3.72. The Balaban J connectivity index is 1.37. The summed E-state index contributed by atoms with van der Waals surface area (Å²) in [5.41, 5.74) is 1.68. The molecule has 1 saturated heterocycles. The predicted molar refractivity (Wildman–Crippen MR) is 91.8 cm³/mol. The van der Waals surface area contributed by atoms with E-state index in [1.54, 1.807) is 11.8 Å². The number of anilines is 1. The van der Waals surface area contributed by atoms with E-state index < -0.39 is 0 Å². The van der Waals surface area contributed by atoms with Crippen molar-refractivity contribution in [2.24, 2.45) is 10.9 Å². The van der Waals surface area contributed by atoms with Crippen LogP contribution in [0.25, 0.3) is 11.1 Å². The molecule has 2 aliphatic heterocycles. The van der Waals surface area contributed by atoms with Crippen LogP contribution in [0.2, 0.25) is 0 Å². The third-order valence-electron chi connectivity index (χ3n) is 4.23. The molecule has 1 N–H and O–H groups in total. The number of para-hydroxylation sites is 2. The number of benzene rings is 1. The Hall–Kier alpha value is -2.02. The number of hydrogen-bond donors (Lipinski definition) is 1. The molecule has 1 aromatic carbocycles. The summed E-state index contributed by atoms with van der Waals surface area (Å²) in [5.74, 6) is 1.10. The van der Waals surface area contributed by atoms with Crippen LogP contribution < -0.4 is 10.2 Å². The van der Waals surface area contributed by atoms with E-state index in [-0.39, 0.29) is 11.8 Å². The van der Waals surface area contributed by atoms with Crippen molar-refractivity contribution >= 4 is 40.0 Å². The Bertz CT molecular complexity index is 716. The number of amidine groups is 1. The van der Waals surface area contributed by atoms with E-state index in [1.807, 2.05) is 24.3 Å². The molecule has 0 radical (unpaired) electrons. The lowest BCUT2D eigenvalue weighted by Gasteiger charge is -2.30. The molecular formula is C16H18N4O2S. The number of hydrogen-bond acceptors (Lipinski definition) is 6. The van der Waals surface area contributed by atoms with Gasteiger partial charge in [-0.15, -0.1) is 0 Å². The molecule has 2 aliphatic rings. The van der Waals surface area contributed by atoms with Gasteiger partial charge in [-0.1, -0.05) is 23.9 Å². The molecule has 1 aromatic heterocycles. The second-order valence-corrected chi connectivity index (χ2v) is 6.83. The van der Waals surface area contributed by atoms with Crippen molar-refractivity contribution in [1.29, 1.82) is 0 Å². The minimum absolute atomic E-state index is 0.0412. The molecule has 6 nitrogen and oxygen atoms in total. The van der Waals surface area contributed by atoms with E-state index in [1.165, 1.54) is 0 Å². The maximum Gasteiger partial charge on any atom is 0.298 e. The molecule has 4 rings (SSSR count). The predicted octanol–water partition coefficient (Wildman–Crippen LogP) is 2.26. The molecule has 0 unspecified atom stereocenters. The number of carbonyl (C=O) groups excluding carboxylic acids is 1. The molecule has 0 saturated carbocycles. The number of aromatic nitrogens is 1. The van der Waals surface area contributed by atoms with E-state index in [4.69, 9.17) is 4.42 Å². The number of piperidine rings is 1. The lowest BCUT2D eigenvalue weighted by Crippen LogP contribution is -2.41. The number of thioether (sulfide) groups is 1. The van der Waals surface area contributed by atoms with E-state index in [0.717, 1.165) is 54.5 Å². The third kappa shape index (κ3) is 3.06. The molecular weight excluding hydrogens is 312 g/mol. The number of nitrogens with zero attached hydrogens (tertiary/aromatic N) is 3. The summed E-state index contributed by atoms with van der Waals surface area (Å²) in [6.07, 6.45) is 1.62. The highest BCUT2D eigenvalue weighted by Crippen LogP contribution is 2.26. The van der Waals surface area contributed by atoms with Crippen molar-refractivity contribution in [1.82, 2.24) is 10.3 Å². The van der Waals surface area contributed by atoms with Gasteiger partial charge >= 0.3 is 0 Å². The number of carbonyl (C=O) groups is 1. The Morgan fingerprint density at radius 2 is 2.13 bits per heavy atom. The average molecular weight is 330 g/mol. The van der Waals surface area contributed by atoms with Crippen molar-refractivity contribution in [3.63, 3.8) is 0 Å². The van der Waals surface area contributed by atoms with Gasteiger partial charge in [0.2, 0.25) is 5.91 Å². The van der Waals surface area contributed by atoms with Gasteiger partial charge in [0.15, 0.2) is 10.8 Å². The fourth-order valence-electron chi connectivity index (χ4n) is 2.95. The second-order valence-electron chi connectivity index (χ2n) is 5.75. The van der Waals surface area contributed by atoms with Gasteiger partial charge in [0.05, 0.1) is 6.54 Å². The van der Waals surface area contributed by atoms with Gasteiger partial charge in [0.1, 0.15) is 5.52 Å². The largest absolute Gasteiger partial charge is 0.423 e. The van der Waals surface area contributed by atoms with Crippen LogP contribution in [0.15, 0.2) is 33.7 Å². The highest BCUT2D eigenvalue weighted by atomic mass is 32.2. The van der Waals surface area contributed by atoms with Crippen LogP contribution in [0.1, 0.15) is 12.8 Å². The highest BCUT2D eigenvalue weighted by Gasteiger charge is 2.28. The van der Waals surface area contributed by atoms with Gasteiger partial charge in [0.25, 0.3) is 6.01 Å². The summed E-state index contributed by atoms with van der Waals surface area (Å²) >= 11 is 1.62. The maximum absolute atomic E-state index is 12.3. The van der Waals surface area contributed by atoms with Gasteiger partial charge < -0.3 is 14.6 Å². The summed E-state index contributed by atoms with van der Waals surface area (Å²) in [6.45, 7) is 2.37. The van der Waals surface area contributed by atoms with Gasteiger partial charge in [-0.3, -0.25) is 9.79 Å². The van der Waals surface area contributed by atoms with E-state index in [2.05, 4.69) is 20.2 Å². The second kappa shape index (κ2) is 6.23. The third-order valence-corrected chi connectivity index (χ3v) is 5.13. The molecule has 23 heavy (non-hydrogen) atoms. The van der Waals surface area contributed by atoms with Crippen molar-refractivity contribution < 1.29 is 9.21 Å². The summed E-state index contributed by atoms with van der Waals surface area (Å²) < 4.78 is 5.80. The fourth-order valence-corrected chi connectivity index (χ4v) is 3.68. The van der Waals surface area contributed by atoms with Gasteiger partial charge in [-0.25, -0.2) is 0 Å². The molecule has 0 spiro atoms. The lowest BCUT2D eigenvalue weighted by molar-refractivity contribution is -0.124. The number of aliphatic imine (C=N–C) groups is 1. The molecule has 2 aromatic rings. The number of oxazole rings is 1. The van der Waals surface area contributed by atoms with Crippen molar-refractivity contribution in [2.75, 3.05) is 30.3 Å². The molecule has 120 valence electrons. The Kier molecular flexibility index (Phi) is 3.95. The first-order valence-electron chi connectivity index (χ1n) is 7.88. The van der Waals surface area contributed by atoms with Gasteiger partial charge in [-0.05, 0) is 25.0 Å². The molecule has 3 heterocycles. The van der Waals surface area contributed by atoms with Crippen LogP contribution in [0.4, 0.5) is 6.01 Å². The molecule has 0 atom stereocenters. The average Bonchev–Trinajstić information content (AvgIpc) is 3.24. The quantitative estimate of drug-likeness (QED) is 0.914. The lowest BCUT2D eigenvalue weighted by atomic mass is 9.96. The molecule has 0 aliphatic carbocycles.